The molecular formula is C19H24N6O2S. The maximum Gasteiger partial charge on any atom is 0.276 e. The molecule has 1 unspecified atom stereocenters. The van der Waals surface area contributed by atoms with E-state index in [1.165, 1.54) is 0 Å². The molecule has 9 heteroatoms. The largest absolute Gasteiger partial charge is 0.383 e. The lowest BCUT2D eigenvalue weighted by atomic mass is 10.00. The van der Waals surface area contributed by atoms with E-state index in [1.54, 1.807) is 24.5 Å². The SMILES string of the molecule is CCNC(=NCC(C)(O)c1ccsc1)NCCc1noc(-c2ccccn2)n1. The van der Waals surface area contributed by atoms with Crippen molar-refractivity contribution >= 4 is 17.3 Å². The molecule has 0 aliphatic rings. The van der Waals surface area contributed by atoms with Gasteiger partial charge in [0.1, 0.15) is 11.3 Å². The normalized spacial score (nSPS) is 13.9. The molecule has 8 nitrogen and oxygen atoms in total. The summed E-state index contributed by atoms with van der Waals surface area (Å²) >= 11 is 1.56. The van der Waals surface area contributed by atoms with Crippen molar-refractivity contribution in [3.63, 3.8) is 0 Å². The van der Waals surface area contributed by atoms with Gasteiger partial charge in [-0.05, 0) is 48.4 Å². The van der Waals surface area contributed by atoms with Gasteiger partial charge in [0.15, 0.2) is 11.8 Å². The highest BCUT2D eigenvalue weighted by Gasteiger charge is 2.23. The zero-order valence-corrected chi connectivity index (χ0v) is 16.7. The fourth-order valence-electron chi connectivity index (χ4n) is 2.48. The van der Waals surface area contributed by atoms with Crippen LogP contribution in [0.4, 0.5) is 0 Å². The topological polar surface area (TPSA) is 108 Å². The Balaban J connectivity index is 1.54. The summed E-state index contributed by atoms with van der Waals surface area (Å²) in [5.41, 5.74) is 0.513. The van der Waals surface area contributed by atoms with Gasteiger partial charge in [-0.1, -0.05) is 11.2 Å². The first kappa shape index (κ1) is 20.0. The first-order valence-electron chi connectivity index (χ1n) is 9.09. The number of rotatable bonds is 8. The molecule has 3 rings (SSSR count). The van der Waals surface area contributed by atoms with Crippen LogP contribution in [-0.4, -0.2) is 45.8 Å². The Kier molecular flexibility index (Phi) is 6.72. The third-order valence-corrected chi connectivity index (χ3v) is 4.71. The molecule has 0 aliphatic heterocycles. The first-order valence-corrected chi connectivity index (χ1v) is 10.0. The fourth-order valence-corrected chi connectivity index (χ4v) is 3.26. The second kappa shape index (κ2) is 9.43. The second-order valence-electron chi connectivity index (χ2n) is 6.39. The van der Waals surface area contributed by atoms with Crippen molar-refractivity contribution in [2.45, 2.75) is 25.9 Å². The van der Waals surface area contributed by atoms with Crippen LogP contribution in [0.1, 0.15) is 25.2 Å². The van der Waals surface area contributed by atoms with Crippen molar-refractivity contribution in [3.05, 3.63) is 52.6 Å². The van der Waals surface area contributed by atoms with Gasteiger partial charge in [0.25, 0.3) is 5.89 Å². The Morgan fingerprint density at radius 1 is 1.32 bits per heavy atom. The fraction of sp³-hybridized carbons (Fsp3) is 0.368. The smallest absolute Gasteiger partial charge is 0.276 e. The molecule has 28 heavy (non-hydrogen) atoms. The molecule has 148 valence electrons. The molecule has 0 spiro atoms. The summed E-state index contributed by atoms with van der Waals surface area (Å²) in [6.07, 6.45) is 2.26. The monoisotopic (exact) mass is 400 g/mol. The van der Waals surface area contributed by atoms with E-state index in [0.29, 0.717) is 36.3 Å². The number of aliphatic hydroxyl groups is 1. The summed E-state index contributed by atoms with van der Waals surface area (Å²) in [4.78, 5) is 13.1. The Morgan fingerprint density at radius 3 is 2.93 bits per heavy atom. The second-order valence-corrected chi connectivity index (χ2v) is 7.17. The zero-order chi connectivity index (χ0) is 19.8. The molecule has 3 aromatic rings. The maximum atomic E-state index is 10.6. The lowest BCUT2D eigenvalue weighted by Gasteiger charge is -2.21. The summed E-state index contributed by atoms with van der Waals surface area (Å²) < 4.78 is 5.26. The standard InChI is InChI=1S/C19H24N6O2S/c1-3-20-18(23-13-19(2,26)14-8-11-28-12-14)22-10-7-16-24-17(27-25-16)15-6-4-5-9-21-15/h4-6,8-9,11-12,26H,3,7,10,13H2,1-2H3,(H2,20,22,23). The molecule has 0 amide bonds. The van der Waals surface area contributed by atoms with Gasteiger partial charge in [0, 0.05) is 25.7 Å². The van der Waals surface area contributed by atoms with Crippen LogP contribution in [-0.2, 0) is 12.0 Å². The number of nitrogens with zero attached hydrogens (tertiary/aromatic N) is 4. The molecule has 0 saturated heterocycles. The van der Waals surface area contributed by atoms with E-state index in [4.69, 9.17) is 4.52 Å². The molecule has 0 aliphatic carbocycles. The number of pyridine rings is 1. The van der Waals surface area contributed by atoms with Gasteiger partial charge in [-0.15, -0.1) is 0 Å². The van der Waals surface area contributed by atoms with E-state index >= 15 is 0 Å². The van der Waals surface area contributed by atoms with Crippen molar-refractivity contribution in [2.24, 2.45) is 4.99 Å². The number of nitrogens with one attached hydrogen (secondary N) is 2. The number of hydrogen-bond donors (Lipinski definition) is 3. The summed E-state index contributed by atoms with van der Waals surface area (Å²) in [5, 5.41) is 24.9. The maximum absolute atomic E-state index is 10.6. The van der Waals surface area contributed by atoms with Crippen molar-refractivity contribution in [2.75, 3.05) is 19.6 Å². The van der Waals surface area contributed by atoms with Crippen LogP contribution in [0.2, 0.25) is 0 Å². The quantitative estimate of drug-likeness (QED) is 0.393. The predicted octanol–water partition coefficient (Wildman–Crippen LogP) is 2.20. The van der Waals surface area contributed by atoms with E-state index in [0.717, 1.165) is 12.1 Å². The highest BCUT2D eigenvalue weighted by molar-refractivity contribution is 7.08. The molecule has 0 radical (unpaired) electrons. The molecule has 3 aromatic heterocycles. The van der Waals surface area contributed by atoms with Gasteiger partial charge < -0.3 is 20.3 Å². The number of aromatic nitrogens is 3. The van der Waals surface area contributed by atoms with Crippen LogP contribution in [0, 0.1) is 0 Å². The first-order chi connectivity index (χ1) is 13.6. The summed E-state index contributed by atoms with van der Waals surface area (Å²) in [7, 11) is 0. The highest BCUT2D eigenvalue weighted by atomic mass is 32.1. The average molecular weight is 401 g/mol. The molecule has 0 fully saturated rings. The zero-order valence-electron chi connectivity index (χ0n) is 15.9. The van der Waals surface area contributed by atoms with E-state index < -0.39 is 5.60 Å². The average Bonchev–Trinajstić information content (AvgIpc) is 3.39. The molecule has 0 aromatic carbocycles. The lowest BCUT2D eigenvalue weighted by Crippen LogP contribution is -2.39. The minimum absolute atomic E-state index is 0.255. The molecule has 0 saturated carbocycles. The number of aliphatic imine (C=N–C) groups is 1. The van der Waals surface area contributed by atoms with Crippen molar-refractivity contribution in [1.82, 2.24) is 25.8 Å². The minimum atomic E-state index is -1.01. The number of thiophene rings is 1. The van der Waals surface area contributed by atoms with E-state index in [9.17, 15) is 5.11 Å². The van der Waals surface area contributed by atoms with Crippen molar-refractivity contribution in [1.29, 1.82) is 0 Å². The number of guanidine groups is 1. The van der Waals surface area contributed by atoms with Crippen LogP contribution in [0.3, 0.4) is 0 Å². The third-order valence-electron chi connectivity index (χ3n) is 4.03. The Bertz CT molecular complexity index is 877. The van der Waals surface area contributed by atoms with Crippen LogP contribution in [0.25, 0.3) is 11.6 Å². The van der Waals surface area contributed by atoms with E-state index in [-0.39, 0.29) is 6.54 Å². The molecular weight excluding hydrogens is 376 g/mol. The van der Waals surface area contributed by atoms with Gasteiger partial charge in [0.05, 0.1) is 6.54 Å². The summed E-state index contributed by atoms with van der Waals surface area (Å²) in [6, 6.07) is 7.45. The van der Waals surface area contributed by atoms with Gasteiger partial charge in [-0.25, -0.2) is 4.99 Å². The highest BCUT2D eigenvalue weighted by Crippen LogP contribution is 2.23. The van der Waals surface area contributed by atoms with Crippen molar-refractivity contribution in [3.8, 4) is 11.6 Å². The molecule has 3 heterocycles. The van der Waals surface area contributed by atoms with Gasteiger partial charge >= 0.3 is 0 Å². The van der Waals surface area contributed by atoms with Crippen LogP contribution >= 0.6 is 11.3 Å². The third kappa shape index (κ3) is 5.37. The molecule has 0 bridgehead atoms. The summed E-state index contributed by atoms with van der Waals surface area (Å²) in [6.45, 7) is 5.31. The minimum Gasteiger partial charge on any atom is -0.383 e. The molecule has 3 N–H and O–H groups in total. The lowest BCUT2D eigenvalue weighted by molar-refractivity contribution is 0.0677. The van der Waals surface area contributed by atoms with E-state index in [2.05, 4.69) is 30.8 Å². The van der Waals surface area contributed by atoms with Gasteiger partial charge in [-0.3, -0.25) is 4.98 Å². The Labute approximate surface area is 167 Å². The molecule has 1 atom stereocenters. The van der Waals surface area contributed by atoms with Crippen LogP contribution in [0.5, 0.6) is 0 Å². The Morgan fingerprint density at radius 2 is 2.21 bits per heavy atom. The summed E-state index contributed by atoms with van der Waals surface area (Å²) in [5.74, 6) is 1.63. The predicted molar refractivity (Wildman–Crippen MR) is 109 cm³/mol. The van der Waals surface area contributed by atoms with Crippen LogP contribution < -0.4 is 10.6 Å². The van der Waals surface area contributed by atoms with Crippen LogP contribution in [0.15, 0.2) is 50.7 Å². The number of hydrogen-bond acceptors (Lipinski definition) is 7. The Hall–Kier alpha value is -2.78. The van der Waals surface area contributed by atoms with Gasteiger partial charge in [0.2, 0.25) is 0 Å². The van der Waals surface area contributed by atoms with Crippen molar-refractivity contribution < 1.29 is 9.63 Å². The van der Waals surface area contributed by atoms with Gasteiger partial charge in [-0.2, -0.15) is 16.3 Å². The van der Waals surface area contributed by atoms with E-state index in [1.807, 2.05) is 41.9 Å².